The lowest BCUT2D eigenvalue weighted by atomic mass is 9.69. The summed E-state index contributed by atoms with van der Waals surface area (Å²) in [4.78, 5) is 4.75. The summed E-state index contributed by atoms with van der Waals surface area (Å²) in [7, 11) is 0. The molecule has 0 saturated carbocycles. The van der Waals surface area contributed by atoms with Gasteiger partial charge in [-0.2, -0.15) is 0 Å². The summed E-state index contributed by atoms with van der Waals surface area (Å²) in [5.41, 5.74) is 19.3. The van der Waals surface area contributed by atoms with Crippen molar-refractivity contribution in [1.82, 2.24) is 4.57 Å². The van der Waals surface area contributed by atoms with Crippen LogP contribution in [-0.2, 0) is 0 Å². The zero-order valence-electron chi connectivity index (χ0n) is 36.7. The van der Waals surface area contributed by atoms with E-state index in [-0.39, 0.29) is 5.92 Å². The Bertz CT molecular complexity index is 3470. The van der Waals surface area contributed by atoms with Crippen molar-refractivity contribution < 1.29 is 0 Å². The van der Waals surface area contributed by atoms with Gasteiger partial charge in [0.05, 0.1) is 11.0 Å². The highest BCUT2D eigenvalue weighted by Gasteiger charge is 2.32. The van der Waals surface area contributed by atoms with Gasteiger partial charge in [0.2, 0.25) is 0 Å². The molecule has 0 spiro atoms. The van der Waals surface area contributed by atoms with Crippen LogP contribution in [0.4, 0.5) is 34.1 Å². The van der Waals surface area contributed by atoms with Gasteiger partial charge >= 0.3 is 0 Å². The highest BCUT2D eigenvalue weighted by molar-refractivity contribution is 6.10. The maximum atomic E-state index is 2.41. The first-order valence-electron chi connectivity index (χ1n) is 23.0. The number of hydrogen-bond acceptors (Lipinski definition) is 2. The Morgan fingerprint density at radius 1 is 0.333 bits per heavy atom. The highest BCUT2D eigenvalue weighted by atomic mass is 15.1. The molecule has 0 fully saturated rings. The Labute approximate surface area is 386 Å². The van der Waals surface area contributed by atoms with Gasteiger partial charge < -0.3 is 14.4 Å². The lowest BCUT2D eigenvalue weighted by Crippen LogP contribution is -2.18. The van der Waals surface area contributed by atoms with Crippen molar-refractivity contribution in [3.8, 4) is 27.9 Å². The Morgan fingerprint density at radius 3 is 1.44 bits per heavy atom. The number of aromatic nitrogens is 1. The summed E-state index contributed by atoms with van der Waals surface area (Å²) >= 11 is 0. The van der Waals surface area contributed by atoms with Crippen LogP contribution in [0.2, 0.25) is 0 Å². The summed E-state index contributed by atoms with van der Waals surface area (Å²) in [6, 6.07) is 92.8. The van der Waals surface area contributed by atoms with Gasteiger partial charge in [0.25, 0.3) is 0 Å². The second-order valence-electron chi connectivity index (χ2n) is 17.4. The second kappa shape index (κ2) is 16.6. The zero-order chi connectivity index (χ0) is 44.0. The summed E-state index contributed by atoms with van der Waals surface area (Å²) in [6.07, 6.45) is 0. The first-order valence-corrected chi connectivity index (χ1v) is 23.0. The topological polar surface area (TPSA) is 11.4 Å². The second-order valence-corrected chi connectivity index (χ2v) is 17.4. The number of rotatable bonds is 9. The molecule has 3 nitrogen and oxygen atoms in total. The smallest absolute Gasteiger partial charge is 0.0542 e. The lowest BCUT2D eigenvalue weighted by molar-refractivity contribution is 0.649. The number of nitrogens with zero attached hydrogens (tertiary/aromatic N) is 3. The molecule has 0 N–H and O–H groups in total. The van der Waals surface area contributed by atoms with Gasteiger partial charge in [-0.1, -0.05) is 165 Å². The van der Waals surface area contributed by atoms with E-state index in [0.29, 0.717) is 5.92 Å². The molecule has 1 aliphatic carbocycles. The fourth-order valence-corrected chi connectivity index (χ4v) is 10.5. The van der Waals surface area contributed by atoms with Gasteiger partial charge in [0.15, 0.2) is 0 Å². The Morgan fingerprint density at radius 2 is 0.803 bits per heavy atom. The van der Waals surface area contributed by atoms with Gasteiger partial charge in [0.1, 0.15) is 0 Å². The van der Waals surface area contributed by atoms with E-state index in [0.717, 1.165) is 45.4 Å². The summed E-state index contributed by atoms with van der Waals surface area (Å²) in [6.45, 7) is 2.38. The Hall–Kier alpha value is -8.40. The van der Waals surface area contributed by atoms with Gasteiger partial charge in [-0.3, -0.25) is 0 Å². The minimum Gasteiger partial charge on any atom is -0.310 e. The molecule has 66 heavy (non-hydrogen) atoms. The molecule has 0 bridgehead atoms. The predicted octanol–water partition coefficient (Wildman–Crippen LogP) is 17.3. The molecule has 0 amide bonds. The van der Waals surface area contributed by atoms with Crippen LogP contribution in [-0.4, -0.2) is 4.57 Å². The van der Waals surface area contributed by atoms with E-state index in [2.05, 4.69) is 276 Å². The van der Waals surface area contributed by atoms with Crippen LogP contribution in [0.5, 0.6) is 0 Å². The molecule has 10 aromatic carbocycles. The molecule has 2 atom stereocenters. The average Bonchev–Trinajstić information content (AvgIpc) is 3.72. The maximum absolute atomic E-state index is 2.41. The Balaban J connectivity index is 0.896. The van der Waals surface area contributed by atoms with E-state index in [9.17, 15) is 0 Å². The van der Waals surface area contributed by atoms with Crippen molar-refractivity contribution in [2.75, 3.05) is 9.80 Å². The largest absolute Gasteiger partial charge is 0.310 e. The SMILES string of the molecule is CC1c2ccccc2-c2cc(N(c3ccccc3)c3ccc(-c4ccc(N(c5ccccc5)c5ccc6c(c5)c5ccccc5n6-c5ccccc5)cc4)cc3)ccc2C1c1ccccc1. The fourth-order valence-electron chi connectivity index (χ4n) is 10.5. The normalized spacial score (nSPS) is 14.1. The van der Waals surface area contributed by atoms with Gasteiger partial charge in [-0.15, -0.1) is 0 Å². The van der Waals surface area contributed by atoms with Crippen LogP contribution in [0.3, 0.4) is 0 Å². The lowest BCUT2D eigenvalue weighted by Gasteiger charge is -2.35. The molecule has 0 radical (unpaired) electrons. The summed E-state index contributed by atoms with van der Waals surface area (Å²) < 4.78 is 2.37. The fraction of sp³-hybridized carbons (Fsp3) is 0.0476. The van der Waals surface area contributed by atoms with Gasteiger partial charge in [-0.05, 0) is 142 Å². The number of benzene rings is 10. The molecular weight excluding hydrogens is 799 g/mol. The van der Waals surface area contributed by atoms with Crippen molar-refractivity contribution in [3.63, 3.8) is 0 Å². The van der Waals surface area contributed by atoms with Crippen LogP contribution < -0.4 is 9.80 Å². The average molecular weight is 846 g/mol. The van der Waals surface area contributed by atoms with E-state index in [1.807, 2.05) is 0 Å². The van der Waals surface area contributed by atoms with Crippen molar-refractivity contribution >= 4 is 55.9 Å². The van der Waals surface area contributed by atoms with E-state index in [4.69, 9.17) is 0 Å². The number of para-hydroxylation sites is 4. The number of anilines is 6. The third-order valence-electron chi connectivity index (χ3n) is 13.6. The molecule has 314 valence electrons. The molecule has 11 aromatic rings. The van der Waals surface area contributed by atoms with Crippen molar-refractivity contribution in [2.24, 2.45) is 0 Å². The van der Waals surface area contributed by atoms with Crippen molar-refractivity contribution in [2.45, 2.75) is 18.8 Å². The standard InChI is InChI=1S/C63H47N3/c1-44-55-26-14-15-27-56(55)59-42-53(38-40-58(59)63(44)47-18-6-2-7-19-47)64(48-20-8-3-9-21-48)51-34-30-45(31-35-51)46-32-36-52(37-33-46)65(49-22-10-4-11-23-49)54-39-41-62-60(43-54)57-28-16-17-29-61(57)66(62)50-24-12-5-13-25-50/h2-44,63H,1H3. The molecule has 0 aliphatic heterocycles. The molecular formula is C63H47N3. The zero-order valence-corrected chi connectivity index (χ0v) is 36.7. The summed E-state index contributed by atoms with van der Waals surface area (Å²) in [5, 5.41) is 2.46. The van der Waals surface area contributed by atoms with E-state index in [1.54, 1.807) is 0 Å². The van der Waals surface area contributed by atoms with Crippen LogP contribution in [0.15, 0.2) is 255 Å². The molecule has 1 aliphatic rings. The van der Waals surface area contributed by atoms with Gasteiger partial charge in [0, 0.05) is 56.5 Å². The van der Waals surface area contributed by atoms with E-state index in [1.165, 1.54) is 55.2 Å². The van der Waals surface area contributed by atoms with Crippen LogP contribution in [0.25, 0.3) is 49.7 Å². The molecule has 1 aromatic heterocycles. The quantitative estimate of drug-likeness (QED) is 0.143. The van der Waals surface area contributed by atoms with E-state index < -0.39 is 0 Å². The third-order valence-corrected chi connectivity index (χ3v) is 13.6. The summed E-state index contributed by atoms with van der Waals surface area (Å²) in [5.74, 6) is 0.636. The molecule has 0 saturated heterocycles. The number of hydrogen-bond donors (Lipinski definition) is 0. The predicted molar refractivity (Wildman–Crippen MR) is 278 cm³/mol. The first-order chi connectivity index (χ1) is 32.7. The molecule has 1 heterocycles. The van der Waals surface area contributed by atoms with Crippen LogP contribution in [0, 0.1) is 0 Å². The van der Waals surface area contributed by atoms with Crippen LogP contribution >= 0.6 is 0 Å². The van der Waals surface area contributed by atoms with Crippen LogP contribution in [0.1, 0.15) is 35.4 Å². The Kier molecular flexibility index (Phi) is 9.87. The van der Waals surface area contributed by atoms with E-state index >= 15 is 0 Å². The molecule has 3 heteroatoms. The molecule has 2 unspecified atom stereocenters. The first kappa shape index (κ1) is 39.2. The maximum Gasteiger partial charge on any atom is 0.0542 e. The van der Waals surface area contributed by atoms with Gasteiger partial charge in [-0.25, -0.2) is 0 Å². The number of fused-ring (bicyclic) bond motifs is 6. The van der Waals surface area contributed by atoms with Crippen molar-refractivity contribution in [3.05, 3.63) is 271 Å². The monoisotopic (exact) mass is 845 g/mol. The minimum absolute atomic E-state index is 0.276. The van der Waals surface area contributed by atoms with Crippen molar-refractivity contribution in [1.29, 1.82) is 0 Å². The highest BCUT2D eigenvalue weighted by Crippen LogP contribution is 2.51. The minimum atomic E-state index is 0.276. The molecule has 12 rings (SSSR count). The third kappa shape index (κ3) is 6.85.